The zero-order valence-corrected chi connectivity index (χ0v) is 18.3. The third-order valence-corrected chi connectivity index (χ3v) is 5.86. The molecule has 6 nitrogen and oxygen atoms in total. The lowest BCUT2D eigenvalue weighted by Crippen LogP contribution is -2.55. The number of rotatable bonds is 4. The zero-order chi connectivity index (χ0) is 21.3. The number of carbonyl (C=O) groups is 2. The van der Waals surface area contributed by atoms with Crippen molar-refractivity contribution in [1.82, 2.24) is 10.2 Å². The summed E-state index contributed by atoms with van der Waals surface area (Å²) >= 11 is 3.29. The highest BCUT2D eigenvalue weighted by molar-refractivity contribution is 9.10. The van der Waals surface area contributed by atoms with E-state index in [1.165, 1.54) is 11.0 Å². The highest BCUT2D eigenvalue weighted by atomic mass is 79.9. The van der Waals surface area contributed by atoms with E-state index in [0.717, 1.165) is 19.3 Å². The highest BCUT2D eigenvalue weighted by Crippen LogP contribution is 2.43. The number of hydrogen-bond donors (Lipinski definition) is 1. The molecular weight excluding hydrogens is 441 g/mol. The van der Waals surface area contributed by atoms with Gasteiger partial charge in [0.2, 0.25) is 5.91 Å². The average molecular weight is 466 g/mol. The monoisotopic (exact) mass is 465 g/mol. The summed E-state index contributed by atoms with van der Waals surface area (Å²) < 4.78 is 20.2. The largest absolute Gasteiger partial charge is 0.444 e. The molecule has 0 unspecified atom stereocenters. The number of nitriles is 1. The van der Waals surface area contributed by atoms with E-state index in [1.54, 1.807) is 32.9 Å². The Morgan fingerprint density at radius 3 is 2.79 bits per heavy atom. The number of halogens is 2. The lowest BCUT2D eigenvalue weighted by molar-refractivity contribution is -0.128. The third-order valence-electron chi connectivity index (χ3n) is 5.36. The van der Waals surface area contributed by atoms with Gasteiger partial charge in [0.05, 0.1) is 6.07 Å². The maximum atomic E-state index is 14.0. The van der Waals surface area contributed by atoms with Crippen LogP contribution in [0.5, 0.6) is 0 Å². The van der Waals surface area contributed by atoms with Gasteiger partial charge < -0.3 is 10.1 Å². The van der Waals surface area contributed by atoms with Crippen LogP contribution in [0.4, 0.5) is 9.18 Å². The molecule has 1 saturated carbocycles. The van der Waals surface area contributed by atoms with Crippen molar-refractivity contribution in [3.63, 3.8) is 0 Å². The first-order valence-electron chi connectivity index (χ1n) is 9.74. The molecule has 1 saturated heterocycles. The van der Waals surface area contributed by atoms with Gasteiger partial charge in [-0.1, -0.05) is 15.9 Å². The number of likely N-dealkylation sites (tertiary alicyclic amines) is 1. The number of fused-ring (bicyclic) bond motifs is 2. The molecule has 1 aromatic carbocycles. The fourth-order valence-electron chi connectivity index (χ4n) is 4.21. The second-order valence-corrected chi connectivity index (χ2v) is 9.61. The molecular formula is C21H25BrFN3O3. The van der Waals surface area contributed by atoms with Crippen molar-refractivity contribution in [2.45, 2.75) is 70.2 Å². The summed E-state index contributed by atoms with van der Waals surface area (Å²) in [7, 11) is 0. The van der Waals surface area contributed by atoms with Crippen LogP contribution in [0.1, 0.15) is 45.6 Å². The summed E-state index contributed by atoms with van der Waals surface area (Å²) in [6.07, 6.45) is 2.00. The van der Waals surface area contributed by atoms with Gasteiger partial charge in [-0.25, -0.2) is 9.18 Å². The Hall–Kier alpha value is -2.14. The molecule has 0 aromatic heterocycles. The lowest BCUT2D eigenvalue weighted by Gasteiger charge is -2.35. The second kappa shape index (κ2) is 8.31. The van der Waals surface area contributed by atoms with Crippen LogP contribution in [0.3, 0.4) is 0 Å². The number of amides is 2. The Morgan fingerprint density at radius 1 is 1.41 bits per heavy atom. The normalized spacial score (nSPS) is 24.1. The topological polar surface area (TPSA) is 82.4 Å². The van der Waals surface area contributed by atoms with Gasteiger partial charge >= 0.3 is 6.09 Å². The molecule has 2 amide bonds. The summed E-state index contributed by atoms with van der Waals surface area (Å²) in [6, 6.07) is 4.94. The number of nitrogens with one attached hydrogen (secondary N) is 1. The molecule has 1 aromatic rings. The van der Waals surface area contributed by atoms with Crippen molar-refractivity contribution >= 4 is 27.9 Å². The van der Waals surface area contributed by atoms with E-state index in [0.29, 0.717) is 10.0 Å². The van der Waals surface area contributed by atoms with Gasteiger partial charge in [-0.2, -0.15) is 5.26 Å². The number of nitrogens with zero attached hydrogens (tertiary/aromatic N) is 2. The van der Waals surface area contributed by atoms with Crippen molar-refractivity contribution in [3.05, 3.63) is 34.1 Å². The Labute approximate surface area is 178 Å². The van der Waals surface area contributed by atoms with Crippen molar-refractivity contribution in [2.24, 2.45) is 5.92 Å². The van der Waals surface area contributed by atoms with Crippen molar-refractivity contribution in [2.75, 3.05) is 0 Å². The van der Waals surface area contributed by atoms with Gasteiger partial charge in [0.25, 0.3) is 0 Å². The highest BCUT2D eigenvalue weighted by Gasteiger charge is 2.52. The second-order valence-electron chi connectivity index (χ2n) is 8.69. The number of ether oxygens (including phenoxy) is 1. The van der Waals surface area contributed by atoms with Crippen molar-refractivity contribution < 1.29 is 18.7 Å². The van der Waals surface area contributed by atoms with E-state index >= 15 is 0 Å². The Bertz CT molecular complexity index is 849. The Morgan fingerprint density at radius 2 is 2.14 bits per heavy atom. The van der Waals surface area contributed by atoms with E-state index in [-0.39, 0.29) is 24.3 Å². The molecule has 2 fully saturated rings. The smallest absolute Gasteiger partial charge is 0.411 e. The summed E-state index contributed by atoms with van der Waals surface area (Å²) in [5, 5.41) is 12.2. The van der Waals surface area contributed by atoms with Gasteiger partial charge in [0.1, 0.15) is 23.5 Å². The van der Waals surface area contributed by atoms with E-state index in [2.05, 4.69) is 21.2 Å². The minimum Gasteiger partial charge on any atom is -0.444 e. The van der Waals surface area contributed by atoms with Gasteiger partial charge in [-0.05, 0) is 69.7 Å². The summed E-state index contributed by atoms with van der Waals surface area (Å²) in [5.74, 6) is -0.766. The minimum atomic E-state index is -0.897. The first kappa shape index (κ1) is 21.6. The molecule has 1 aliphatic heterocycles. The summed E-state index contributed by atoms with van der Waals surface area (Å²) in [5.41, 5.74) is -0.323. The van der Waals surface area contributed by atoms with Crippen LogP contribution in [0.25, 0.3) is 0 Å². The average Bonchev–Trinajstić information content (AvgIpc) is 3.23. The van der Waals surface area contributed by atoms with Gasteiger partial charge in [0.15, 0.2) is 0 Å². The molecule has 156 valence electrons. The molecule has 4 atom stereocenters. The van der Waals surface area contributed by atoms with Gasteiger partial charge in [-0.15, -0.1) is 0 Å². The van der Waals surface area contributed by atoms with Crippen LogP contribution in [-0.2, 0) is 16.0 Å². The number of benzene rings is 1. The van der Waals surface area contributed by atoms with Crippen LogP contribution in [0, 0.1) is 23.1 Å². The van der Waals surface area contributed by atoms with Crippen LogP contribution in [0.15, 0.2) is 22.7 Å². The lowest BCUT2D eigenvalue weighted by atomic mass is 9.97. The number of hydrogen-bond acceptors (Lipinski definition) is 4. The van der Waals surface area contributed by atoms with Crippen LogP contribution in [-0.4, -0.2) is 40.6 Å². The van der Waals surface area contributed by atoms with E-state index in [1.807, 2.05) is 6.07 Å². The van der Waals surface area contributed by atoms with Gasteiger partial charge in [0, 0.05) is 16.9 Å². The SMILES string of the molecule is CC(C)(C)OC(=O)N1[C@@H]2CC[C@@H](C2)[C@H]1C(=O)N[C@H](C#N)Cc1cc(Br)ccc1F. The predicted molar refractivity (Wildman–Crippen MR) is 108 cm³/mol. The standard InChI is InChI=1S/C21H25BrFN3O3/c1-21(2,3)29-20(28)26-16-6-4-12(10-16)18(26)19(27)25-15(11-24)9-13-8-14(22)5-7-17(13)23/h5,7-8,12,15-16,18H,4,6,9-10H2,1-3H3,(H,25,27)/t12-,15-,16+,18-/m0/s1. The van der Waals surface area contributed by atoms with Crippen LogP contribution in [0.2, 0.25) is 0 Å². The first-order chi connectivity index (χ1) is 13.6. The van der Waals surface area contributed by atoms with Gasteiger partial charge in [-0.3, -0.25) is 9.69 Å². The molecule has 2 aliphatic rings. The molecule has 2 bridgehead atoms. The van der Waals surface area contributed by atoms with Crippen LogP contribution >= 0.6 is 15.9 Å². The maximum Gasteiger partial charge on any atom is 0.411 e. The van der Waals surface area contributed by atoms with E-state index in [4.69, 9.17) is 4.74 Å². The van der Waals surface area contributed by atoms with Crippen LogP contribution < -0.4 is 5.32 Å². The molecule has 3 rings (SSSR count). The third kappa shape index (κ3) is 4.89. The molecule has 1 N–H and O–H groups in total. The number of carbonyl (C=O) groups excluding carboxylic acids is 2. The molecule has 1 aliphatic carbocycles. The van der Waals surface area contributed by atoms with Crippen molar-refractivity contribution in [3.8, 4) is 6.07 Å². The Balaban J connectivity index is 1.73. The maximum absolute atomic E-state index is 14.0. The van der Waals surface area contributed by atoms with E-state index in [9.17, 15) is 19.2 Å². The summed E-state index contributed by atoms with van der Waals surface area (Å²) in [6.45, 7) is 5.35. The summed E-state index contributed by atoms with van der Waals surface area (Å²) in [4.78, 5) is 27.2. The molecule has 8 heteroatoms. The molecule has 0 radical (unpaired) electrons. The molecule has 0 spiro atoms. The molecule has 29 heavy (non-hydrogen) atoms. The minimum absolute atomic E-state index is 0.0198. The number of piperidine rings is 1. The fourth-order valence-corrected chi connectivity index (χ4v) is 4.62. The first-order valence-corrected chi connectivity index (χ1v) is 10.5. The molecule has 1 heterocycles. The zero-order valence-electron chi connectivity index (χ0n) is 16.7. The predicted octanol–water partition coefficient (Wildman–Crippen LogP) is 3.93. The fraction of sp³-hybridized carbons (Fsp3) is 0.571. The van der Waals surface area contributed by atoms with E-state index < -0.39 is 29.6 Å². The quantitative estimate of drug-likeness (QED) is 0.729. The Kier molecular flexibility index (Phi) is 6.18. The van der Waals surface area contributed by atoms with Crippen molar-refractivity contribution in [1.29, 1.82) is 5.26 Å².